The molecule has 1 atom stereocenters. The Labute approximate surface area is 232 Å². The van der Waals surface area contributed by atoms with Gasteiger partial charge in [-0.3, -0.25) is 0 Å². The number of carbonyl (C=O) groups excluding carboxylic acids is 1. The van der Waals surface area contributed by atoms with Crippen LogP contribution in [0.25, 0.3) is 11.8 Å². The lowest BCUT2D eigenvalue weighted by Gasteiger charge is -2.41. The van der Waals surface area contributed by atoms with E-state index in [2.05, 4.69) is 10.1 Å². The molecule has 14 heteroatoms. The predicted molar refractivity (Wildman–Crippen MR) is 143 cm³/mol. The monoisotopic (exact) mass is 598 g/mol. The van der Waals surface area contributed by atoms with E-state index in [1.54, 1.807) is 20.4 Å². The first-order chi connectivity index (χ1) is 19.2. The number of benzene rings is 2. The van der Waals surface area contributed by atoms with Gasteiger partial charge in [0, 0.05) is 18.3 Å². The van der Waals surface area contributed by atoms with E-state index < -0.39 is 26.8 Å². The zero-order chi connectivity index (χ0) is 29.7. The molecule has 8 nitrogen and oxygen atoms in total. The van der Waals surface area contributed by atoms with Crippen LogP contribution in [0, 0.1) is 6.92 Å². The fourth-order valence-corrected chi connectivity index (χ4v) is 5.57. The molecule has 0 spiro atoms. The van der Waals surface area contributed by atoms with Crippen molar-refractivity contribution in [2.75, 3.05) is 20.3 Å². The first-order valence-electron chi connectivity index (χ1n) is 12.6. The zero-order valence-corrected chi connectivity index (χ0v) is 23.1. The number of esters is 1. The average molecular weight is 599 g/mol. The second-order valence-electron chi connectivity index (χ2n) is 9.64. The first kappa shape index (κ1) is 28.5. The summed E-state index contributed by atoms with van der Waals surface area (Å²) in [4.78, 5) is 22.6. The fraction of sp³-hybridized carbons (Fsp3) is 0.296. The Morgan fingerprint density at radius 2 is 1.88 bits per heavy atom. The van der Waals surface area contributed by atoms with Gasteiger partial charge in [-0.25, -0.2) is 9.78 Å². The third-order valence-corrected chi connectivity index (χ3v) is 7.96. The summed E-state index contributed by atoms with van der Waals surface area (Å²) in [6.07, 6.45) is 6.48. The van der Waals surface area contributed by atoms with Crippen molar-refractivity contribution in [2.24, 2.45) is 5.16 Å². The minimum atomic E-state index is -9.93. The lowest BCUT2D eigenvalue weighted by Crippen LogP contribution is -2.54. The van der Waals surface area contributed by atoms with Crippen molar-refractivity contribution >= 4 is 28.1 Å². The molecule has 41 heavy (non-hydrogen) atoms. The molecule has 3 aromatic rings. The quantitative estimate of drug-likeness (QED) is 0.214. The maximum absolute atomic E-state index is 13.4. The standard InChI is InChI=1S/C27H27F5N4O4S/c1-4-39-26(37)27(21-8-10-22(11-9-21)41(28,29,30,31)32)36-13-5-6-20(25(36)34-40-27)14-19-7-12-23(24(15-19)38-3)35-16-18(2)33-17-35/h7-12,14-17H,4-6,13H2,1-3H3/b20-14+. The van der Waals surface area contributed by atoms with Crippen LogP contribution in [0.2, 0.25) is 0 Å². The lowest BCUT2D eigenvalue weighted by atomic mass is 9.94. The van der Waals surface area contributed by atoms with Crippen LogP contribution in [0.15, 0.2) is 70.6 Å². The van der Waals surface area contributed by atoms with E-state index in [4.69, 9.17) is 14.3 Å². The summed E-state index contributed by atoms with van der Waals surface area (Å²) >= 11 is 0. The Bertz CT molecular complexity index is 1570. The maximum atomic E-state index is 13.4. The predicted octanol–water partition coefficient (Wildman–Crippen LogP) is 7.09. The number of aromatic nitrogens is 2. The third kappa shape index (κ3) is 5.23. The number of hydrogen-bond acceptors (Lipinski definition) is 7. The van der Waals surface area contributed by atoms with Crippen LogP contribution in [-0.4, -0.2) is 46.5 Å². The molecule has 5 rings (SSSR count). The zero-order valence-electron chi connectivity index (χ0n) is 22.3. The van der Waals surface area contributed by atoms with Gasteiger partial charge >= 0.3 is 21.9 Å². The van der Waals surface area contributed by atoms with Crippen molar-refractivity contribution in [3.8, 4) is 11.4 Å². The number of oxime groups is 1. The number of methoxy groups -OCH3 is 1. The second kappa shape index (κ2) is 9.23. The topological polar surface area (TPSA) is 78.2 Å². The molecule has 1 aromatic heterocycles. The van der Waals surface area contributed by atoms with E-state index in [9.17, 15) is 24.2 Å². The Kier molecular flexibility index (Phi) is 6.40. The Morgan fingerprint density at radius 3 is 2.49 bits per heavy atom. The number of aryl methyl sites for hydroxylation is 1. The van der Waals surface area contributed by atoms with Gasteiger partial charge in [-0.1, -0.05) is 42.8 Å². The molecule has 0 saturated carbocycles. The molecular weight excluding hydrogens is 571 g/mol. The van der Waals surface area contributed by atoms with Gasteiger partial charge < -0.3 is 23.8 Å². The third-order valence-electron chi connectivity index (χ3n) is 6.79. The van der Waals surface area contributed by atoms with Gasteiger partial charge in [0.15, 0.2) is 5.84 Å². The number of ether oxygens (including phenoxy) is 2. The summed E-state index contributed by atoms with van der Waals surface area (Å²) < 4.78 is 79.4. The van der Waals surface area contributed by atoms with Crippen molar-refractivity contribution < 1.29 is 38.5 Å². The van der Waals surface area contributed by atoms with Crippen LogP contribution in [0.3, 0.4) is 0 Å². The number of carbonyl (C=O) groups is 1. The van der Waals surface area contributed by atoms with Gasteiger partial charge in [-0.2, -0.15) is 0 Å². The highest BCUT2D eigenvalue weighted by Gasteiger charge is 2.65. The van der Waals surface area contributed by atoms with Crippen molar-refractivity contribution in [2.45, 2.75) is 37.3 Å². The van der Waals surface area contributed by atoms with Crippen LogP contribution in [0.4, 0.5) is 19.4 Å². The van der Waals surface area contributed by atoms with Gasteiger partial charge in [0.05, 0.1) is 31.4 Å². The number of nitrogens with zero attached hydrogens (tertiary/aromatic N) is 4. The molecule has 2 aromatic carbocycles. The minimum Gasteiger partial charge on any atom is -0.495 e. The van der Waals surface area contributed by atoms with Crippen molar-refractivity contribution in [1.29, 1.82) is 0 Å². The second-order valence-corrected chi connectivity index (χ2v) is 12.1. The largest absolute Gasteiger partial charge is 0.495 e. The number of halogens is 5. The van der Waals surface area contributed by atoms with Crippen LogP contribution in [-0.2, 0) is 20.1 Å². The highest BCUT2D eigenvalue weighted by molar-refractivity contribution is 8.45. The summed E-state index contributed by atoms with van der Waals surface area (Å²) in [5.74, 6) is -0.0601. The maximum Gasteiger partial charge on any atom is 0.380 e. The van der Waals surface area contributed by atoms with Gasteiger partial charge in [-0.05, 0) is 68.2 Å². The Hall–Kier alpha value is -4.07. The number of rotatable bonds is 7. The van der Waals surface area contributed by atoms with Crippen LogP contribution >= 0.6 is 10.2 Å². The van der Waals surface area contributed by atoms with Crippen LogP contribution < -0.4 is 4.74 Å². The molecule has 1 unspecified atom stereocenters. The molecule has 1 fully saturated rings. The van der Waals surface area contributed by atoms with Gasteiger partial charge in [0.25, 0.3) is 0 Å². The summed E-state index contributed by atoms with van der Waals surface area (Å²) in [6.45, 7) is 3.63. The lowest BCUT2D eigenvalue weighted by molar-refractivity contribution is -0.189. The van der Waals surface area contributed by atoms with E-state index in [0.717, 1.165) is 29.1 Å². The molecule has 0 bridgehead atoms. The highest BCUT2D eigenvalue weighted by atomic mass is 32.5. The SMILES string of the molecule is CCOC(=O)C1(c2ccc(S(F)(F)(F)(F)F)cc2)ON=C2/C(=C/c3ccc(-n4cnc(C)c4)c(OC)c3)CCCN21. The van der Waals surface area contributed by atoms with E-state index in [1.165, 1.54) is 4.90 Å². The average Bonchev–Trinajstić information content (AvgIpc) is 3.52. The van der Waals surface area contributed by atoms with E-state index in [0.29, 0.717) is 24.2 Å². The Morgan fingerprint density at radius 1 is 1.15 bits per heavy atom. The van der Waals surface area contributed by atoms with Crippen molar-refractivity contribution in [3.05, 3.63) is 77.4 Å². The van der Waals surface area contributed by atoms with E-state index in [1.807, 2.05) is 42.0 Å². The molecule has 0 aliphatic carbocycles. The number of hydrogen-bond donors (Lipinski definition) is 0. The van der Waals surface area contributed by atoms with Gasteiger partial charge in [0.2, 0.25) is 0 Å². The normalized spacial score (nSPS) is 21.4. The Balaban J connectivity index is 1.52. The molecule has 2 aliphatic heterocycles. The number of fused-ring (bicyclic) bond motifs is 1. The van der Waals surface area contributed by atoms with E-state index in [-0.39, 0.29) is 36.7 Å². The van der Waals surface area contributed by atoms with E-state index >= 15 is 0 Å². The number of amidine groups is 1. The number of piperidine rings is 1. The molecule has 1 saturated heterocycles. The molecular formula is C27H27F5N4O4S. The minimum absolute atomic E-state index is 0.0536. The highest BCUT2D eigenvalue weighted by Crippen LogP contribution is 3.02. The fourth-order valence-electron chi connectivity index (χ4n) is 4.92. The smallest absolute Gasteiger partial charge is 0.380 e. The molecule has 3 heterocycles. The van der Waals surface area contributed by atoms with Crippen molar-refractivity contribution in [3.63, 3.8) is 0 Å². The summed E-state index contributed by atoms with van der Waals surface area (Å²) in [7, 11) is -8.38. The van der Waals surface area contributed by atoms with Gasteiger partial charge in [-0.15, -0.1) is 0 Å². The molecule has 220 valence electrons. The summed E-state index contributed by atoms with van der Waals surface area (Å²) in [5, 5.41) is 4.14. The molecule has 0 N–H and O–H groups in total. The first-order valence-corrected chi connectivity index (χ1v) is 14.6. The van der Waals surface area contributed by atoms with Gasteiger partial charge in [0.1, 0.15) is 10.6 Å². The molecule has 0 amide bonds. The molecule has 0 radical (unpaired) electrons. The summed E-state index contributed by atoms with van der Waals surface area (Å²) in [5.41, 5.74) is 0.868. The van der Waals surface area contributed by atoms with Crippen LogP contribution in [0.5, 0.6) is 5.75 Å². The van der Waals surface area contributed by atoms with Crippen LogP contribution in [0.1, 0.15) is 36.6 Å². The molecule has 2 aliphatic rings. The van der Waals surface area contributed by atoms with Crippen molar-refractivity contribution in [1.82, 2.24) is 14.5 Å². The summed E-state index contributed by atoms with van der Waals surface area (Å²) in [6, 6.07) is 7.63. The number of imidazole rings is 1.